The quantitative estimate of drug-likeness (QED) is 0.651. The van der Waals surface area contributed by atoms with Gasteiger partial charge in [0.1, 0.15) is 23.4 Å². The molecule has 24 heavy (non-hydrogen) atoms. The SMILES string of the molecule is COc1ccc(OC)c(NC(N)=NCC2Cc3ccccc3O2)c1. The summed E-state index contributed by atoms with van der Waals surface area (Å²) in [6.07, 6.45) is 0.852. The minimum absolute atomic E-state index is 0.00922. The molecule has 0 radical (unpaired) electrons. The van der Waals surface area contributed by atoms with Crippen molar-refractivity contribution in [3.05, 3.63) is 48.0 Å². The molecule has 2 aromatic carbocycles. The first-order chi connectivity index (χ1) is 11.7. The van der Waals surface area contributed by atoms with E-state index >= 15 is 0 Å². The van der Waals surface area contributed by atoms with Gasteiger partial charge >= 0.3 is 0 Å². The van der Waals surface area contributed by atoms with Gasteiger partial charge in [0.2, 0.25) is 0 Å². The van der Waals surface area contributed by atoms with Crippen LogP contribution in [0.3, 0.4) is 0 Å². The molecule has 1 heterocycles. The molecule has 0 fully saturated rings. The molecule has 6 nitrogen and oxygen atoms in total. The summed E-state index contributed by atoms with van der Waals surface area (Å²) in [5.74, 6) is 2.61. The summed E-state index contributed by atoms with van der Waals surface area (Å²) in [7, 11) is 3.21. The summed E-state index contributed by atoms with van der Waals surface area (Å²) in [4.78, 5) is 4.38. The summed E-state index contributed by atoms with van der Waals surface area (Å²) in [5, 5.41) is 3.05. The van der Waals surface area contributed by atoms with Crippen molar-refractivity contribution in [2.45, 2.75) is 12.5 Å². The van der Waals surface area contributed by atoms with E-state index in [-0.39, 0.29) is 6.10 Å². The van der Waals surface area contributed by atoms with E-state index in [9.17, 15) is 0 Å². The van der Waals surface area contributed by atoms with E-state index in [0.717, 1.165) is 12.2 Å². The summed E-state index contributed by atoms with van der Waals surface area (Å²) in [6, 6.07) is 13.5. The molecule has 1 aliphatic rings. The zero-order valence-corrected chi connectivity index (χ0v) is 13.8. The van der Waals surface area contributed by atoms with E-state index < -0.39 is 0 Å². The Bertz CT molecular complexity index is 721. The number of nitrogens with zero attached hydrogens (tertiary/aromatic N) is 1. The van der Waals surface area contributed by atoms with Crippen LogP contribution in [-0.2, 0) is 6.42 Å². The molecule has 0 aliphatic carbocycles. The molecule has 0 saturated carbocycles. The second-order valence-corrected chi connectivity index (χ2v) is 5.47. The monoisotopic (exact) mass is 327 g/mol. The highest BCUT2D eigenvalue weighted by Gasteiger charge is 2.21. The molecule has 0 amide bonds. The number of methoxy groups -OCH3 is 2. The van der Waals surface area contributed by atoms with E-state index in [4.69, 9.17) is 19.9 Å². The summed E-state index contributed by atoms with van der Waals surface area (Å²) in [5.41, 5.74) is 7.90. The lowest BCUT2D eigenvalue weighted by molar-refractivity contribution is 0.242. The summed E-state index contributed by atoms with van der Waals surface area (Å²) < 4.78 is 16.4. The first-order valence-corrected chi connectivity index (χ1v) is 7.73. The Morgan fingerprint density at radius 3 is 2.83 bits per heavy atom. The Labute approximate surface area is 141 Å². The Morgan fingerprint density at radius 2 is 2.08 bits per heavy atom. The summed E-state index contributed by atoms with van der Waals surface area (Å²) in [6.45, 7) is 0.486. The Hall–Kier alpha value is -2.89. The van der Waals surface area contributed by atoms with Crippen LogP contribution >= 0.6 is 0 Å². The van der Waals surface area contributed by atoms with E-state index in [1.54, 1.807) is 14.2 Å². The second-order valence-electron chi connectivity index (χ2n) is 5.47. The fourth-order valence-corrected chi connectivity index (χ4v) is 2.65. The lowest BCUT2D eigenvalue weighted by Gasteiger charge is -2.13. The molecule has 0 saturated heterocycles. The van der Waals surface area contributed by atoms with Gasteiger partial charge < -0.3 is 25.3 Å². The number of ether oxygens (including phenoxy) is 3. The van der Waals surface area contributed by atoms with Crippen molar-refractivity contribution in [2.24, 2.45) is 10.7 Å². The van der Waals surface area contributed by atoms with Crippen LogP contribution in [0.1, 0.15) is 5.56 Å². The molecule has 126 valence electrons. The third-order valence-corrected chi connectivity index (χ3v) is 3.85. The van der Waals surface area contributed by atoms with E-state index in [1.807, 2.05) is 36.4 Å². The van der Waals surface area contributed by atoms with Gasteiger partial charge in [0, 0.05) is 12.5 Å². The first kappa shape index (κ1) is 16.0. The minimum atomic E-state index is 0.00922. The van der Waals surface area contributed by atoms with E-state index in [1.165, 1.54) is 5.56 Å². The van der Waals surface area contributed by atoms with Crippen LogP contribution < -0.4 is 25.3 Å². The maximum Gasteiger partial charge on any atom is 0.193 e. The number of guanidine groups is 1. The lowest BCUT2D eigenvalue weighted by Crippen LogP contribution is -2.26. The Morgan fingerprint density at radius 1 is 1.25 bits per heavy atom. The van der Waals surface area contributed by atoms with Crippen molar-refractivity contribution in [1.82, 2.24) is 0 Å². The average Bonchev–Trinajstić information content (AvgIpc) is 3.03. The van der Waals surface area contributed by atoms with Gasteiger partial charge in [-0.25, -0.2) is 4.99 Å². The van der Waals surface area contributed by atoms with Crippen molar-refractivity contribution in [1.29, 1.82) is 0 Å². The number of aliphatic imine (C=N–C) groups is 1. The molecule has 0 bridgehead atoms. The third-order valence-electron chi connectivity index (χ3n) is 3.85. The van der Waals surface area contributed by atoms with Crippen LogP contribution in [0.2, 0.25) is 0 Å². The molecule has 1 atom stereocenters. The standard InChI is InChI=1S/C18H21N3O3/c1-22-13-7-8-17(23-2)15(10-13)21-18(19)20-11-14-9-12-5-3-4-6-16(12)24-14/h3-8,10,14H,9,11H2,1-2H3,(H3,19,20,21). The van der Waals surface area contributed by atoms with Crippen LogP contribution in [0.25, 0.3) is 0 Å². The molecule has 6 heteroatoms. The normalized spacial score (nSPS) is 16.2. The van der Waals surface area contributed by atoms with Gasteiger partial charge in [-0.2, -0.15) is 0 Å². The highest BCUT2D eigenvalue weighted by atomic mass is 16.5. The molecule has 0 aromatic heterocycles. The zero-order valence-electron chi connectivity index (χ0n) is 13.8. The molecule has 1 unspecified atom stereocenters. The molecule has 1 aliphatic heterocycles. The number of nitrogens with one attached hydrogen (secondary N) is 1. The topological polar surface area (TPSA) is 78.1 Å². The number of hydrogen-bond acceptors (Lipinski definition) is 4. The maximum atomic E-state index is 5.99. The number of nitrogens with two attached hydrogens (primary N) is 1. The molecule has 3 rings (SSSR count). The van der Waals surface area contributed by atoms with Crippen LogP contribution in [-0.4, -0.2) is 32.8 Å². The zero-order chi connectivity index (χ0) is 16.9. The number of fused-ring (bicyclic) bond motifs is 1. The van der Waals surface area contributed by atoms with Gasteiger partial charge in [0.05, 0.1) is 26.5 Å². The first-order valence-electron chi connectivity index (χ1n) is 7.73. The number of anilines is 1. The van der Waals surface area contributed by atoms with Crippen molar-refractivity contribution in [3.8, 4) is 17.2 Å². The summed E-state index contributed by atoms with van der Waals surface area (Å²) >= 11 is 0. The predicted molar refractivity (Wildman–Crippen MR) is 94.2 cm³/mol. The molecular formula is C18H21N3O3. The van der Waals surface area contributed by atoms with Crippen LogP contribution in [0, 0.1) is 0 Å². The molecular weight excluding hydrogens is 306 g/mol. The smallest absolute Gasteiger partial charge is 0.193 e. The average molecular weight is 327 g/mol. The lowest BCUT2D eigenvalue weighted by atomic mass is 10.1. The van der Waals surface area contributed by atoms with Crippen molar-refractivity contribution in [3.63, 3.8) is 0 Å². The largest absolute Gasteiger partial charge is 0.497 e. The van der Waals surface area contributed by atoms with E-state index in [0.29, 0.717) is 29.7 Å². The number of rotatable bonds is 5. The Kier molecular flexibility index (Phi) is 4.74. The van der Waals surface area contributed by atoms with Crippen molar-refractivity contribution >= 4 is 11.6 Å². The predicted octanol–water partition coefficient (Wildman–Crippen LogP) is 2.43. The highest BCUT2D eigenvalue weighted by Crippen LogP contribution is 2.29. The second kappa shape index (κ2) is 7.12. The van der Waals surface area contributed by atoms with Gasteiger partial charge in [0.25, 0.3) is 0 Å². The fourth-order valence-electron chi connectivity index (χ4n) is 2.65. The molecule has 3 N–H and O–H groups in total. The Balaban J connectivity index is 1.63. The maximum absolute atomic E-state index is 5.99. The van der Waals surface area contributed by atoms with Gasteiger partial charge in [-0.1, -0.05) is 18.2 Å². The number of benzene rings is 2. The van der Waals surface area contributed by atoms with Crippen LogP contribution in [0.5, 0.6) is 17.2 Å². The van der Waals surface area contributed by atoms with E-state index in [2.05, 4.69) is 16.4 Å². The van der Waals surface area contributed by atoms with Gasteiger partial charge in [-0.05, 0) is 23.8 Å². The molecule has 2 aromatic rings. The van der Waals surface area contributed by atoms with Crippen LogP contribution in [0.4, 0.5) is 5.69 Å². The highest BCUT2D eigenvalue weighted by molar-refractivity contribution is 5.94. The van der Waals surface area contributed by atoms with Gasteiger partial charge in [-0.15, -0.1) is 0 Å². The minimum Gasteiger partial charge on any atom is -0.497 e. The molecule has 0 spiro atoms. The van der Waals surface area contributed by atoms with Crippen LogP contribution in [0.15, 0.2) is 47.5 Å². The van der Waals surface area contributed by atoms with Crippen molar-refractivity contribution in [2.75, 3.05) is 26.1 Å². The van der Waals surface area contributed by atoms with Gasteiger partial charge in [-0.3, -0.25) is 0 Å². The third kappa shape index (κ3) is 3.53. The fraction of sp³-hybridized carbons (Fsp3) is 0.278. The number of para-hydroxylation sites is 1. The van der Waals surface area contributed by atoms with Gasteiger partial charge in [0.15, 0.2) is 5.96 Å². The number of hydrogen-bond donors (Lipinski definition) is 2. The van der Waals surface area contributed by atoms with Crippen molar-refractivity contribution < 1.29 is 14.2 Å².